The number of nitrogen functional groups attached to an aromatic ring is 1. The number of piperidine rings is 1. The van der Waals surface area contributed by atoms with Gasteiger partial charge < -0.3 is 10.6 Å². The molecule has 2 N–H and O–H groups in total. The third kappa shape index (κ3) is 2.30. The summed E-state index contributed by atoms with van der Waals surface area (Å²) in [5.74, 6) is 1.53. The topological polar surface area (TPSA) is 46.6 Å². The van der Waals surface area contributed by atoms with Crippen molar-refractivity contribution in [1.29, 1.82) is 0 Å². The number of rotatable bonds is 2. The van der Waals surface area contributed by atoms with Crippen LogP contribution in [0.1, 0.15) is 31.5 Å². The Morgan fingerprint density at radius 1 is 1.37 bits per heavy atom. The molecule has 19 heavy (non-hydrogen) atoms. The molecule has 2 aromatic heterocycles. The predicted octanol–water partition coefficient (Wildman–Crippen LogP) is 2.77. The Labute approximate surface area is 118 Å². The Morgan fingerprint density at radius 2 is 2.11 bits per heavy atom. The molecule has 1 aliphatic heterocycles. The highest BCUT2D eigenvalue weighted by Gasteiger charge is 2.24. The molecule has 3 heterocycles. The van der Waals surface area contributed by atoms with Crippen LogP contribution in [0.5, 0.6) is 0 Å². The van der Waals surface area contributed by atoms with Gasteiger partial charge in [-0.15, -0.1) is 0 Å². The van der Waals surface area contributed by atoms with Gasteiger partial charge in [0.1, 0.15) is 5.82 Å². The lowest BCUT2D eigenvalue weighted by molar-refractivity contribution is 0.219. The number of anilines is 1. The number of hydrogen-bond donors (Lipinski definition) is 1. The molecule has 0 bridgehead atoms. The Morgan fingerprint density at radius 3 is 2.79 bits per heavy atom. The van der Waals surface area contributed by atoms with Gasteiger partial charge in [0.05, 0.1) is 5.52 Å². The number of hydrogen-bond acceptors (Lipinski definition) is 3. The molecule has 0 unspecified atom stereocenters. The summed E-state index contributed by atoms with van der Waals surface area (Å²) >= 11 is 6.22. The van der Waals surface area contributed by atoms with Crippen molar-refractivity contribution in [3.05, 3.63) is 29.3 Å². The molecule has 102 valence electrons. The van der Waals surface area contributed by atoms with Gasteiger partial charge >= 0.3 is 0 Å². The third-order valence-corrected chi connectivity index (χ3v) is 4.32. The summed E-state index contributed by atoms with van der Waals surface area (Å²) < 4.78 is 2.06. The number of pyridine rings is 1. The highest BCUT2D eigenvalue weighted by molar-refractivity contribution is 6.32. The lowest BCUT2D eigenvalue weighted by atomic mass is 9.96. The van der Waals surface area contributed by atoms with E-state index in [2.05, 4.69) is 21.2 Å². The molecular weight excluding hydrogens is 260 g/mol. The fraction of sp³-hybridized carbons (Fsp3) is 0.500. The fourth-order valence-corrected chi connectivity index (χ4v) is 3.12. The lowest BCUT2D eigenvalue weighted by Gasteiger charge is -2.30. The molecule has 3 rings (SSSR count). The van der Waals surface area contributed by atoms with Gasteiger partial charge in [0.2, 0.25) is 0 Å². The molecule has 0 radical (unpaired) electrons. The van der Waals surface area contributed by atoms with Gasteiger partial charge in [-0.1, -0.05) is 18.5 Å². The first-order valence-corrected chi connectivity index (χ1v) is 7.22. The van der Waals surface area contributed by atoms with Crippen LogP contribution in [0.3, 0.4) is 0 Å². The molecule has 1 saturated heterocycles. The molecule has 1 aliphatic rings. The zero-order chi connectivity index (χ0) is 13.4. The van der Waals surface area contributed by atoms with Crippen LogP contribution in [0.15, 0.2) is 18.3 Å². The molecule has 4 nitrogen and oxygen atoms in total. The van der Waals surface area contributed by atoms with Crippen molar-refractivity contribution in [2.24, 2.45) is 0 Å². The Bertz CT molecular complexity index is 584. The van der Waals surface area contributed by atoms with E-state index in [0.29, 0.717) is 11.1 Å². The molecule has 0 spiro atoms. The van der Waals surface area contributed by atoms with Gasteiger partial charge in [0.15, 0.2) is 5.15 Å². The second-order valence-corrected chi connectivity index (χ2v) is 5.55. The highest BCUT2D eigenvalue weighted by atomic mass is 35.5. The molecule has 5 heteroatoms. The summed E-state index contributed by atoms with van der Waals surface area (Å²) in [7, 11) is 0. The van der Waals surface area contributed by atoms with E-state index in [4.69, 9.17) is 17.3 Å². The minimum Gasteiger partial charge on any atom is -0.398 e. The maximum absolute atomic E-state index is 6.22. The van der Waals surface area contributed by atoms with E-state index in [1.807, 2.05) is 18.3 Å². The third-order valence-electron chi connectivity index (χ3n) is 4.04. The second-order valence-electron chi connectivity index (χ2n) is 5.19. The summed E-state index contributed by atoms with van der Waals surface area (Å²) in [6.07, 6.45) is 4.20. The number of nitrogens with zero attached hydrogens (tertiary/aromatic N) is 3. The van der Waals surface area contributed by atoms with Crippen molar-refractivity contribution in [3.8, 4) is 0 Å². The van der Waals surface area contributed by atoms with Crippen LogP contribution < -0.4 is 5.73 Å². The summed E-state index contributed by atoms with van der Waals surface area (Å²) in [6.45, 7) is 5.61. The summed E-state index contributed by atoms with van der Waals surface area (Å²) in [4.78, 5) is 7.03. The van der Waals surface area contributed by atoms with Gasteiger partial charge in [-0.25, -0.2) is 4.98 Å². The number of aromatic nitrogens is 2. The van der Waals surface area contributed by atoms with Crippen molar-refractivity contribution in [2.45, 2.75) is 25.7 Å². The Kier molecular flexibility index (Phi) is 3.37. The predicted molar refractivity (Wildman–Crippen MR) is 78.7 cm³/mol. The first-order chi connectivity index (χ1) is 9.19. The Balaban J connectivity index is 1.95. The lowest BCUT2D eigenvalue weighted by Crippen LogP contribution is -2.33. The van der Waals surface area contributed by atoms with Gasteiger partial charge in [-0.05, 0) is 44.6 Å². The summed E-state index contributed by atoms with van der Waals surface area (Å²) in [5.41, 5.74) is 7.57. The van der Waals surface area contributed by atoms with Crippen LogP contribution in [0, 0.1) is 0 Å². The molecule has 2 aromatic rings. The van der Waals surface area contributed by atoms with Crippen molar-refractivity contribution in [1.82, 2.24) is 14.3 Å². The van der Waals surface area contributed by atoms with Gasteiger partial charge in [-0.3, -0.25) is 4.40 Å². The van der Waals surface area contributed by atoms with Gasteiger partial charge in [0, 0.05) is 17.8 Å². The molecule has 0 atom stereocenters. The van der Waals surface area contributed by atoms with E-state index in [-0.39, 0.29) is 0 Å². The van der Waals surface area contributed by atoms with Crippen molar-refractivity contribution < 1.29 is 0 Å². The quantitative estimate of drug-likeness (QED) is 0.919. The summed E-state index contributed by atoms with van der Waals surface area (Å²) in [6, 6.07) is 3.81. The van der Waals surface area contributed by atoms with Gasteiger partial charge in [-0.2, -0.15) is 0 Å². The van der Waals surface area contributed by atoms with Gasteiger partial charge in [0.25, 0.3) is 0 Å². The van der Waals surface area contributed by atoms with Crippen LogP contribution in [0.2, 0.25) is 5.15 Å². The second kappa shape index (κ2) is 5.02. The molecule has 0 aromatic carbocycles. The zero-order valence-electron chi connectivity index (χ0n) is 11.1. The molecular formula is C14H19ClN4. The highest BCUT2D eigenvalue weighted by Crippen LogP contribution is 2.31. The molecule has 0 saturated carbocycles. The van der Waals surface area contributed by atoms with E-state index >= 15 is 0 Å². The van der Waals surface area contributed by atoms with Crippen LogP contribution in [-0.4, -0.2) is 33.9 Å². The average molecular weight is 279 g/mol. The maximum Gasteiger partial charge on any atom is 0.155 e. The summed E-state index contributed by atoms with van der Waals surface area (Å²) in [5, 5.41) is 0.577. The van der Waals surface area contributed by atoms with E-state index in [1.54, 1.807) is 0 Å². The minimum atomic E-state index is 0.476. The number of likely N-dealkylation sites (tertiary alicyclic amines) is 1. The van der Waals surface area contributed by atoms with Crippen molar-refractivity contribution >= 4 is 22.8 Å². The number of nitrogens with two attached hydrogens (primary N) is 1. The van der Waals surface area contributed by atoms with E-state index < -0.39 is 0 Å². The smallest absolute Gasteiger partial charge is 0.155 e. The normalized spacial score (nSPS) is 18.2. The van der Waals surface area contributed by atoms with E-state index in [0.717, 1.165) is 49.5 Å². The molecule has 0 aliphatic carbocycles. The zero-order valence-corrected chi connectivity index (χ0v) is 11.9. The average Bonchev–Trinajstić information content (AvgIpc) is 2.75. The first kappa shape index (κ1) is 12.8. The van der Waals surface area contributed by atoms with E-state index in [9.17, 15) is 0 Å². The van der Waals surface area contributed by atoms with Crippen molar-refractivity contribution in [3.63, 3.8) is 0 Å². The van der Waals surface area contributed by atoms with Crippen LogP contribution >= 0.6 is 11.6 Å². The fourth-order valence-electron chi connectivity index (χ4n) is 2.88. The van der Waals surface area contributed by atoms with Crippen LogP contribution in [-0.2, 0) is 0 Å². The molecule has 1 fully saturated rings. The first-order valence-electron chi connectivity index (χ1n) is 6.84. The number of fused-ring (bicyclic) bond motifs is 1. The maximum atomic E-state index is 6.22. The SMILES string of the molecule is CCN1CCC(c2nc(Cl)c3ccc(N)cn23)CC1. The van der Waals surface area contributed by atoms with Crippen LogP contribution in [0.25, 0.3) is 5.52 Å². The number of imidazole rings is 1. The van der Waals surface area contributed by atoms with E-state index in [1.165, 1.54) is 0 Å². The number of halogens is 1. The van der Waals surface area contributed by atoms with Crippen LogP contribution in [0.4, 0.5) is 5.69 Å². The monoisotopic (exact) mass is 278 g/mol. The minimum absolute atomic E-state index is 0.476. The van der Waals surface area contributed by atoms with Crippen molar-refractivity contribution in [2.75, 3.05) is 25.4 Å². The molecule has 0 amide bonds. The largest absolute Gasteiger partial charge is 0.398 e. The standard InChI is InChI=1S/C14H19ClN4/c1-2-18-7-5-10(6-8-18)14-17-13(15)12-4-3-11(16)9-19(12)14/h3-4,9-10H,2,5-8,16H2,1H3. The Hall–Kier alpha value is -1.26.